The molecule has 0 saturated carbocycles. The molecule has 4 heteroatoms. The monoisotopic (exact) mass is 261 g/mol. The van der Waals surface area contributed by atoms with E-state index in [9.17, 15) is 4.39 Å². The molecular formula is C15H16FNO2. The summed E-state index contributed by atoms with van der Waals surface area (Å²) in [4.78, 5) is 0. The van der Waals surface area contributed by atoms with Crippen LogP contribution < -0.4 is 15.2 Å². The molecule has 0 aromatic heterocycles. The average molecular weight is 261 g/mol. The number of halogens is 1. The minimum absolute atomic E-state index is 0.225. The van der Waals surface area contributed by atoms with Crippen molar-refractivity contribution in [3.05, 3.63) is 53.8 Å². The Morgan fingerprint density at radius 2 is 1.68 bits per heavy atom. The second-order valence-electron chi connectivity index (χ2n) is 4.17. The van der Waals surface area contributed by atoms with E-state index in [0.29, 0.717) is 18.0 Å². The maximum atomic E-state index is 13.3. The lowest BCUT2D eigenvalue weighted by Crippen LogP contribution is -2.10. The van der Waals surface area contributed by atoms with Gasteiger partial charge in [0.25, 0.3) is 0 Å². The summed E-state index contributed by atoms with van der Waals surface area (Å²) < 4.78 is 24.1. The Morgan fingerprint density at radius 3 is 2.42 bits per heavy atom. The smallest absolute Gasteiger partial charge is 0.165 e. The van der Waals surface area contributed by atoms with Gasteiger partial charge < -0.3 is 15.2 Å². The van der Waals surface area contributed by atoms with Gasteiger partial charge in [-0.05, 0) is 36.8 Å². The van der Waals surface area contributed by atoms with Crippen molar-refractivity contribution in [2.75, 3.05) is 18.9 Å². The van der Waals surface area contributed by atoms with E-state index >= 15 is 0 Å². The standard InChI is InChI=1S/C15H16FNO2/c1-11-6-7-13(17)15(10-11)19-9-8-18-14-5-3-2-4-12(14)16/h2-7,10H,8-9,17H2,1H3. The first-order valence-electron chi connectivity index (χ1n) is 6.03. The highest BCUT2D eigenvalue weighted by Crippen LogP contribution is 2.22. The van der Waals surface area contributed by atoms with Gasteiger partial charge in [-0.1, -0.05) is 18.2 Å². The molecule has 0 fully saturated rings. The summed E-state index contributed by atoms with van der Waals surface area (Å²) in [6.45, 7) is 2.53. The number of rotatable bonds is 5. The third kappa shape index (κ3) is 3.61. The molecular weight excluding hydrogens is 245 g/mol. The van der Waals surface area contributed by atoms with Gasteiger partial charge in [0.05, 0.1) is 5.69 Å². The number of anilines is 1. The second kappa shape index (κ2) is 6.09. The molecule has 2 rings (SSSR count). The molecule has 0 amide bonds. The van der Waals surface area contributed by atoms with E-state index < -0.39 is 0 Å². The van der Waals surface area contributed by atoms with Gasteiger partial charge in [0.1, 0.15) is 19.0 Å². The van der Waals surface area contributed by atoms with E-state index in [1.165, 1.54) is 6.07 Å². The maximum Gasteiger partial charge on any atom is 0.165 e. The molecule has 0 aliphatic rings. The van der Waals surface area contributed by atoms with Gasteiger partial charge >= 0.3 is 0 Å². The van der Waals surface area contributed by atoms with Gasteiger partial charge in [0.2, 0.25) is 0 Å². The SMILES string of the molecule is Cc1ccc(N)c(OCCOc2ccccc2F)c1. The normalized spacial score (nSPS) is 10.2. The molecule has 0 atom stereocenters. The van der Waals surface area contributed by atoms with Crippen LogP contribution in [0.1, 0.15) is 5.56 Å². The van der Waals surface area contributed by atoms with Crippen molar-refractivity contribution in [1.82, 2.24) is 0 Å². The van der Waals surface area contributed by atoms with Crippen LogP contribution in [-0.2, 0) is 0 Å². The van der Waals surface area contributed by atoms with E-state index in [2.05, 4.69) is 0 Å². The molecule has 19 heavy (non-hydrogen) atoms. The lowest BCUT2D eigenvalue weighted by Gasteiger charge is -2.11. The largest absolute Gasteiger partial charge is 0.488 e. The minimum atomic E-state index is -0.377. The van der Waals surface area contributed by atoms with Crippen molar-refractivity contribution < 1.29 is 13.9 Å². The Bertz CT molecular complexity index is 558. The highest BCUT2D eigenvalue weighted by Gasteiger charge is 2.03. The van der Waals surface area contributed by atoms with Gasteiger partial charge in [-0.25, -0.2) is 4.39 Å². The van der Waals surface area contributed by atoms with Crippen molar-refractivity contribution in [3.8, 4) is 11.5 Å². The number of ether oxygens (including phenoxy) is 2. The van der Waals surface area contributed by atoms with Crippen LogP contribution in [0.5, 0.6) is 11.5 Å². The van der Waals surface area contributed by atoms with Gasteiger partial charge in [-0.2, -0.15) is 0 Å². The van der Waals surface area contributed by atoms with Crippen molar-refractivity contribution in [3.63, 3.8) is 0 Å². The fraction of sp³-hybridized carbons (Fsp3) is 0.200. The van der Waals surface area contributed by atoms with Crippen LogP contribution in [0, 0.1) is 12.7 Å². The van der Waals surface area contributed by atoms with Crippen molar-refractivity contribution in [2.45, 2.75) is 6.92 Å². The van der Waals surface area contributed by atoms with E-state index in [1.807, 2.05) is 19.1 Å². The molecule has 0 unspecified atom stereocenters. The summed E-state index contributed by atoms with van der Waals surface area (Å²) in [5, 5.41) is 0. The van der Waals surface area contributed by atoms with Gasteiger partial charge in [0, 0.05) is 0 Å². The highest BCUT2D eigenvalue weighted by molar-refractivity contribution is 5.53. The molecule has 0 radical (unpaired) electrons. The molecule has 100 valence electrons. The van der Waals surface area contributed by atoms with Crippen LogP contribution >= 0.6 is 0 Å². The molecule has 0 aliphatic carbocycles. The fourth-order valence-electron chi connectivity index (χ4n) is 1.63. The van der Waals surface area contributed by atoms with Crippen LogP contribution in [0.2, 0.25) is 0 Å². The predicted molar refractivity (Wildman–Crippen MR) is 73.0 cm³/mol. The van der Waals surface area contributed by atoms with Crippen LogP contribution in [-0.4, -0.2) is 13.2 Å². The molecule has 3 nitrogen and oxygen atoms in total. The fourth-order valence-corrected chi connectivity index (χ4v) is 1.63. The molecule has 0 spiro atoms. The second-order valence-corrected chi connectivity index (χ2v) is 4.17. The Hall–Kier alpha value is -2.23. The Balaban J connectivity index is 1.84. The summed E-state index contributed by atoms with van der Waals surface area (Å²) in [5.41, 5.74) is 7.43. The zero-order valence-corrected chi connectivity index (χ0v) is 10.7. The number of benzene rings is 2. The summed E-state index contributed by atoms with van der Waals surface area (Å²) in [6.07, 6.45) is 0. The summed E-state index contributed by atoms with van der Waals surface area (Å²) in [7, 11) is 0. The molecule has 2 aromatic carbocycles. The number of aryl methyl sites for hydroxylation is 1. The Morgan fingerprint density at radius 1 is 1.00 bits per heavy atom. The quantitative estimate of drug-likeness (QED) is 0.664. The summed E-state index contributed by atoms with van der Waals surface area (Å²) >= 11 is 0. The maximum absolute atomic E-state index is 13.3. The van der Waals surface area contributed by atoms with Gasteiger partial charge in [-0.3, -0.25) is 0 Å². The number of nitrogen functional groups attached to an aromatic ring is 1. The summed E-state index contributed by atoms with van der Waals surface area (Å²) in [5.74, 6) is 0.470. The van der Waals surface area contributed by atoms with Crippen LogP contribution in [0.25, 0.3) is 0 Å². The number of para-hydroxylation sites is 1. The van der Waals surface area contributed by atoms with E-state index in [1.54, 1.807) is 24.3 Å². The summed E-state index contributed by atoms with van der Waals surface area (Å²) in [6, 6.07) is 11.8. The lowest BCUT2D eigenvalue weighted by molar-refractivity contribution is 0.212. The minimum Gasteiger partial charge on any atom is -0.488 e. The number of hydrogen-bond acceptors (Lipinski definition) is 3. The first-order valence-corrected chi connectivity index (χ1v) is 6.03. The van der Waals surface area contributed by atoms with Crippen LogP contribution in [0.4, 0.5) is 10.1 Å². The molecule has 0 bridgehead atoms. The molecule has 0 heterocycles. The molecule has 2 N–H and O–H groups in total. The molecule has 2 aromatic rings. The van der Waals surface area contributed by atoms with E-state index in [-0.39, 0.29) is 18.2 Å². The first-order chi connectivity index (χ1) is 9.16. The third-order valence-corrected chi connectivity index (χ3v) is 2.60. The Labute approximate surface area is 111 Å². The molecule has 0 saturated heterocycles. The first kappa shape index (κ1) is 13.2. The predicted octanol–water partition coefficient (Wildman–Crippen LogP) is 3.17. The van der Waals surface area contributed by atoms with Crippen molar-refractivity contribution >= 4 is 5.69 Å². The molecule has 0 aliphatic heterocycles. The third-order valence-electron chi connectivity index (χ3n) is 2.60. The number of nitrogens with two attached hydrogens (primary N) is 1. The number of hydrogen-bond donors (Lipinski definition) is 1. The van der Waals surface area contributed by atoms with Crippen LogP contribution in [0.3, 0.4) is 0 Å². The van der Waals surface area contributed by atoms with E-state index in [4.69, 9.17) is 15.2 Å². The lowest BCUT2D eigenvalue weighted by atomic mass is 10.2. The average Bonchev–Trinajstić information content (AvgIpc) is 2.40. The van der Waals surface area contributed by atoms with Crippen LogP contribution in [0.15, 0.2) is 42.5 Å². The Kier molecular flexibility index (Phi) is 4.23. The zero-order chi connectivity index (χ0) is 13.7. The van der Waals surface area contributed by atoms with Crippen molar-refractivity contribution in [1.29, 1.82) is 0 Å². The van der Waals surface area contributed by atoms with Crippen molar-refractivity contribution in [2.24, 2.45) is 0 Å². The highest BCUT2D eigenvalue weighted by atomic mass is 19.1. The zero-order valence-electron chi connectivity index (χ0n) is 10.7. The topological polar surface area (TPSA) is 44.5 Å². The van der Waals surface area contributed by atoms with Gasteiger partial charge in [0.15, 0.2) is 11.6 Å². The van der Waals surface area contributed by atoms with Gasteiger partial charge in [-0.15, -0.1) is 0 Å². The van der Waals surface area contributed by atoms with E-state index in [0.717, 1.165) is 5.56 Å².